The average molecular weight is 361 g/mol. The Morgan fingerprint density at radius 2 is 2.28 bits per heavy atom. The third-order valence-corrected chi connectivity index (χ3v) is 4.40. The molecule has 1 aliphatic heterocycles. The number of nitrogens with two attached hydrogens (primary N) is 1. The molecule has 0 amide bonds. The Morgan fingerprint density at radius 1 is 1.40 bits per heavy atom. The number of aromatic nitrogens is 4. The normalized spacial score (nSPS) is 17.1. The SMILES string of the molecule is COc1ccc(Nc2nc(N)nc3c2ncn3C2CCCO2)c(Cl)c1. The number of hydrogen-bond acceptors (Lipinski definition) is 7. The van der Waals surface area contributed by atoms with Gasteiger partial charge >= 0.3 is 0 Å². The quantitative estimate of drug-likeness (QED) is 0.737. The van der Waals surface area contributed by atoms with Gasteiger partial charge in [-0.3, -0.25) is 4.57 Å². The molecule has 1 fully saturated rings. The first-order chi connectivity index (χ1) is 12.2. The highest BCUT2D eigenvalue weighted by molar-refractivity contribution is 6.33. The molecule has 0 saturated carbocycles. The number of nitrogens with one attached hydrogen (secondary N) is 1. The molecular formula is C16H17ClN6O2. The Labute approximate surface area is 148 Å². The predicted molar refractivity (Wildman–Crippen MR) is 95.2 cm³/mol. The second-order valence-corrected chi connectivity index (χ2v) is 6.10. The minimum atomic E-state index is -0.0725. The number of benzene rings is 1. The molecule has 3 heterocycles. The van der Waals surface area contributed by atoms with E-state index < -0.39 is 0 Å². The molecule has 1 atom stereocenters. The summed E-state index contributed by atoms with van der Waals surface area (Å²) in [6.45, 7) is 0.734. The zero-order valence-corrected chi connectivity index (χ0v) is 14.3. The Morgan fingerprint density at radius 3 is 3.00 bits per heavy atom. The van der Waals surface area contributed by atoms with Crippen LogP contribution < -0.4 is 15.8 Å². The van der Waals surface area contributed by atoms with Crippen molar-refractivity contribution in [3.63, 3.8) is 0 Å². The van der Waals surface area contributed by atoms with Crippen LogP contribution in [0.25, 0.3) is 11.2 Å². The number of imidazole rings is 1. The van der Waals surface area contributed by atoms with Crippen molar-refractivity contribution in [2.75, 3.05) is 24.8 Å². The molecule has 25 heavy (non-hydrogen) atoms. The molecule has 1 aromatic carbocycles. The summed E-state index contributed by atoms with van der Waals surface area (Å²) in [5.41, 5.74) is 7.81. The lowest BCUT2D eigenvalue weighted by molar-refractivity contribution is 0.0593. The lowest BCUT2D eigenvalue weighted by Crippen LogP contribution is -2.08. The van der Waals surface area contributed by atoms with Crippen LogP contribution in [0.2, 0.25) is 5.02 Å². The van der Waals surface area contributed by atoms with Crippen molar-refractivity contribution in [2.45, 2.75) is 19.1 Å². The highest BCUT2D eigenvalue weighted by Crippen LogP contribution is 2.32. The summed E-state index contributed by atoms with van der Waals surface area (Å²) in [5, 5.41) is 3.68. The molecule has 1 unspecified atom stereocenters. The van der Waals surface area contributed by atoms with E-state index in [0.717, 1.165) is 19.4 Å². The number of anilines is 3. The van der Waals surface area contributed by atoms with Gasteiger partial charge < -0.3 is 20.5 Å². The number of methoxy groups -OCH3 is 1. The molecule has 0 aliphatic carbocycles. The molecule has 1 aliphatic rings. The van der Waals surface area contributed by atoms with Gasteiger partial charge in [-0.05, 0) is 25.0 Å². The zero-order valence-electron chi connectivity index (χ0n) is 13.6. The molecule has 0 radical (unpaired) electrons. The van der Waals surface area contributed by atoms with Gasteiger partial charge in [0, 0.05) is 12.7 Å². The van der Waals surface area contributed by atoms with Crippen LogP contribution in [-0.2, 0) is 4.74 Å². The number of nitrogen functional groups attached to an aromatic ring is 1. The number of rotatable bonds is 4. The smallest absolute Gasteiger partial charge is 0.224 e. The standard InChI is InChI=1S/C16H17ClN6O2/c1-24-9-4-5-11(10(17)7-9)20-14-13-15(22-16(18)21-14)23(8-19-13)12-3-2-6-25-12/h4-5,7-8,12H,2-3,6H2,1H3,(H3,18,20,21,22). The van der Waals surface area contributed by atoms with Crippen molar-refractivity contribution in [1.29, 1.82) is 0 Å². The lowest BCUT2D eigenvalue weighted by Gasteiger charge is -2.13. The first-order valence-electron chi connectivity index (χ1n) is 7.88. The molecule has 0 bridgehead atoms. The van der Waals surface area contributed by atoms with Crippen LogP contribution in [0, 0.1) is 0 Å². The fourth-order valence-corrected chi connectivity index (χ4v) is 3.08. The molecule has 3 aromatic rings. The van der Waals surface area contributed by atoms with Gasteiger partial charge in [0.2, 0.25) is 5.95 Å². The van der Waals surface area contributed by atoms with Gasteiger partial charge in [0.15, 0.2) is 17.0 Å². The molecule has 3 N–H and O–H groups in total. The summed E-state index contributed by atoms with van der Waals surface area (Å²) in [6.07, 6.45) is 3.56. The third-order valence-electron chi connectivity index (χ3n) is 4.08. The fourth-order valence-electron chi connectivity index (χ4n) is 2.86. The van der Waals surface area contributed by atoms with Gasteiger partial charge in [-0.15, -0.1) is 0 Å². The maximum absolute atomic E-state index is 6.30. The van der Waals surface area contributed by atoms with Crippen molar-refractivity contribution in [3.05, 3.63) is 29.5 Å². The van der Waals surface area contributed by atoms with E-state index >= 15 is 0 Å². The zero-order chi connectivity index (χ0) is 17.4. The van der Waals surface area contributed by atoms with E-state index in [-0.39, 0.29) is 12.2 Å². The summed E-state index contributed by atoms with van der Waals surface area (Å²) in [6, 6.07) is 5.33. The van der Waals surface area contributed by atoms with Crippen molar-refractivity contribution in [2.24, 2.45) is 0 Å². The molecule has 130 valence electrons. The van der Waals surface area contributed by atoms with E-state index in [1.165, 1.54) is 0 Å². The van der Waals surface area contributed by atoms with E-state index in [4.69, 9.17) is 26.8 Å². The number of nitrogens with zero attached hydrogens (tertiary/aromatic N) is 4. The summed E-state index contributed by atoms with van der Waals surface area (Å²) >= 11 is 6.30. The Bertz CT molecular complexity index is 922. The fraction of sp³-hybridized carbons (Fsp3) is 0.312. The molecule has 4 rings (SSSR count). The maximum atomic E-state index is 6.30. The van der Waals surface area contributed by atoms with Crippen molar-refractivity contribution in [3.8, 4) is 5.75 Å². The van der Waals surface area contributed by atoms with E-state index in [1.807, 2.05) is 10.6 Å². The molecular weight excluding hydrogens is 344 g/mol. The van der Waals surface area contributed by atoms with Crippen LogP contribution in [0.3, 0.4) is 0 Å². The van der Waals surface area contributed by atoms with Crippen LogP contribution in [0.5, 0.6) is 5.75 Å². The lowest BCUT2D eigenvalue weighted by atomic mass is 10.3. The van der Waals surface area contributed by atoms with Gasteiger partial charge in [-0.1, -0.05) is 11.6 Å². The van der Waals surface area contributed by atoms with E-state index in [0.29, 0.717) is 33.4 Å². The first-order valence-corrected chi connectivity index (χ1v) is 8.25. The van der Waals surface area contributed by atoms with Crippen molar-refractivity contribution in [1.82, 2.24) is 19.5 Å². The van der Waals surface area contributed by atoms with Crippen LogP contribution in [0.15, 0.2) is 24.5 Å². The van der Waals surface area contributed by atoms with Crippen LogP contribution in [0.1, 0.15) is 19.1 Å². The van der Waals surface area contributed by atoms with Gasteiger partial charge in [0.1, 0.15) is 12.0 Å². The van der Waals surface area contributed by atoms with Crippen LogP contribution in [-0.4, -0.2) is 33.2 Å². The Kier molecular flexibility index (Phi) is 4.06. The molecule has 2 aromatic heterocycles. The largest absolute Gasteiger partial charge is 0.497 e. The highest BCUT2D eigenvalue weighted by atomic mass is 35.5. The summed E-state index contributed by atoms with van der Waals surface area (Å²) in [7, 11) is 1.59. The van der Waals surface area contributed by atoms with Crippen LogP contribution >= 0.6 is 11.6 Å². The molecule has 1 saturated heterocycles. The maximum Gasteiger partial charge on any atom is 0.224 e. The number of hydrogen-bond donors (Lipinski definition) is 2. The Hall–Kier alpha value is -2.58. The molecule has 8 nitrogen and oxygen atoms in total. The number of ether oxygens (including phenoxy) is 2. The van der Waals surface area contributed by atoms with E-state index in [1.54, 1.807) is 25.6 Å². The van der Waals surface area contributed by atoms with E-state index in [9.17, 15) is 0 Å². The summed E-state index contributed by atoms with van der Waals surface area (Å²) in [4.78, 5) is 13.0. The average Bonchev–Trinajstić information content (AvgIpc) is 3.25. The predicted octanol–water partition coefficient (Wildman–Crippen LogP) is 3.12. The van der Waals surface area contributed by atoms with Crippen molar-refractivity contribution >= 4 is 40.2 Å². The minimum Gasteiger partial charge on any atom is -0.497 e. The van der Waals surface area contributed by atoms with Crippen molar-refractivity contribution < 1.29 is 9.47 Å². The third kappa shape index (κ3) is 2.94. The van der Waals surface area contributed by atoms with E-state index in [2.05, 4.69) is 20.3 Å². The summed E-state index contributed by atoms with van der Waals surface area (Å²) in [5.74, 6) is 1.32. The van der Waals surface area contributed by atoms with Gasteiger partial charge in [-0.2, -0.15) is 9.97 Å². The summed E-state index contributed by atoms with van der Waals surface area (Å²) < 4.78 is 12.8. The van der Waals surface area contributed by atoms with Gasteiger partial charge in [-0.25, -0.2) is 4.98 Å². The molecule has 9 heteroatoms. The topological polar surface area (TPSA) is 100 Å². The first kappa shape index (κ1) is 15.9. The molecule has 0 spiro atoms. The highest BCUT2D eigenvalue weighted by Gasteiger charge is 2.22. The second kappa shape index (κ2) is 6.38. The van der Waals surface area contributed by atoms with Gasteiger partial charge in [0.05, 0.1) is 24.1 Å². The second-order valence-electron chi connectivity index (χ2n) is 5.69. The monoisotopic (exact) mass is 360 g/mol. The van der Waals surface area contributed by atoms with Gasteiger partial charge in [0.25, 0.3) is 0 Å². The number of fused-ring (bicyclic) bond motifs is 1. The van der Waals surface area contributed by atoms with Crippen LogP contribution in [0.4, 0.5) is 17.5 Å². The minimum absolute atomic E-state index is 0.0725. The Balaban J connectivity index is 1.74. The number of halogens is 1.